The van der Waals surface area contributed by atoms with Crippen molar-refractivity contribution in [2.45, 2.75) is 19.4 Å². The molecule has 0 aliphatic carbocycles. The number of nitrogens with zero attached hydrogens (tertiary/aromatic N) is 3. The van der Waals surface area contributed by atoms with Gasteiger partial charge in [0.15, 0.2) is 5.58 Å². The molecule has 19 heavy (non-hydrogen) atoms. The molecule has 1 aliphatic heterocycles. The summed E-state index contributed by atoms with van der Waals surface area (Å²) >= 11 is 5.97. The van der Waals surface area contributed by atoms with E-state index in [-0.39, 0.29) is 0 Å². The van der Waals surface area contributed by atoms with Crippen LogP contribution in [0.25, 0.3) is 11.1 Å². The zero-order valence-electron chi connectivity index (χ0n) is 10.8. The maximum Gasteiger partial charge on any atom is 0.298 e. The molecule has 0 N–H and O–H groups in total. The van der Waals surface area contributed by atoms with Crippen LogP contribution in [0.2, 0.25) is 5.02 Å². The first kappa shape index (κ1) is 13.2. The predicted molar refractivity (Wildman–Crippen MR) is 81.7 cm³/mol. The van der Waals surface area contributed by atoms with Gasteiger partial charge in [-0.05, 0) is 31.5 Å². The van der Waals surface area contributed by atoms with E-state index < -0.39 is 0 Å². The van der Waals surface area contributed by atoms with Crippen LogP contribution in [-0.4, -0.2) is 35.3 Å². The Balaban J connectivity index is 1.87. The first-order valence-electron chi connectivity index (χ1n) is 6.46. The van der Waals surface area contributed by atoms with E-state index in [1.165, 1.54) is 0 Å². The SMILES string of the molecule is CC1CCN(c2nc3cc(Cl)ccc3o2)CCN1P. The quantitative estimate of drug-likeness (QED) is 0.757. The fraction of sp³-hybridized carbons (Fsp3) is 0.462. The molecule has 2 atom stereocenters. The van der Waals surface area contributed by atoms with Crippen LogP contribution in [0.5, 0.6) is 0 Å². The molecular formula is C13H17ClN3OP. The molecule has 2 aromatic rings. The molecule has 0 amide bonds. The summed E-state index contributed by atoms with van der Waals surface area (Å²) in [4.78, 5) is 6.74. The maximum atomic E-state index is 5.97. The van der Waals surface area contributed by atoms with Crippen LogP contribution in [-0.2, 0) is 0 Å². The molecule has 102 valence electrons. The molecule has 1 aromatic carbocycles. The van der Waals surface area contributed by atoms with Gasteiger partial charge < -0.3 is 9.32 Å². The Hall–Kier alpha value is -0.830. The molecule has 4 nitrogen and oxygen atoms in total. The molecule has 1 aromatic heterocycles. The number of halogens is 1. The van der Waals surface area contributed by atoms with Crippen LogP contribution in [0.15, 0.2) is 22.6 Å². The lowest BCUT2D eigenvalue weighted by Crippen LogP contribution is -2.27. The van der Waals surface area contributed by atoms with Gasteiger partial charge in [0.05, 0.1) is 0 Å². The number of fused-ring (bicyclic) bond motifs is 1. The number of anilines is 1. The number of oxazole rings is 1. The molecular weight excluding hydrogens is 281 g/mol. The van der Waals surface area contributed by atoms with Crippen molar-refractivity contribution >= 4 is 38.1 Å². The van der Waals surface area contributed by atoms with Crippen molar-refractivity contribution in [3.8, 4) is 0 Å². The Labute approximate surface area is 120 Å². The summed E-state index contributed by atoms with van der Waals surface area (Å²) in [6.45, 7) is 5.12. The zero-order valence-corrected chi connectivity index (χ0v) is 12.8. The summed E-state index contributed by atoms with van der Waals surface area (Å²) in [5.74, 6) is 0. The Morgan fingerprint density at radius 1 is 1.37 bits per heavy atom. The van der Waals surface area contributed by atoms with Crippen LogP contribution >= 0.6 is 21.0 Å². The minimum Gasteiger partial charge on any atom is -0.423 e. The van der Waals surface area contributed by atoms with E-state index in [2.05, 4.69) is 30.9 Å². The normalized spacial score (nSPS) is 21.8. The second-order valence-electron chi connectivity index (χ2n) is 4.97. The van der Waals surface area contributed by atoms with Crippen LogP contribution in [0.3, 0.4) is 0 Å². The Bertz CT molecular complexity index is 576. The van der Waals surface area contributed by atoms with Crippen molar-refractivity contribution in [3.63, 3.8) is 0 Å². The number of hydrogen-bond donors (Lipinski definition) is 0. The third-order valence-corrected chi connectivity index (χ3v) is 4.62. The number of rotatable bonds is 1. The minimum atomic E-state index is 0.564. The number of benzene rings is 1. The summed E-state index contributed by atoms with van der Waals surface area (Å²) in [5.41, 5.74) is 1.61. The monoisotopic (exact) mass is 297 g/mol. The summed E-state index contributed by atoms with van der Waals surface area (Å²) in [7, 11) is 2.80. The predicted octanol–water partition coefficient (Wildman–Crippen LogP) is 3.17. The molecule has 2 heterocycles. The molecule has 6 heteroatoms. The van der Waals surface area contributed by atoms with Crippen molar-refractivity contribution in [2.75, 3.05) is 24.5 Å². The smallest absolute Gasteiger partial charge is 0.298 e. The van der Waals surface area contributed by atoms with Crippen LogP contribution in [0.4, 0.5) is 6.01 Å². The standard InChI is InChI=1S/C13H17ClN3OP/c1-9-4-5-16(6-7-17(9)19)13-15-11-8-10(14)2-3-12(11)18-13/h2-3,8-9H,4-7,19H2,1H3. The Morgan fingerprint density at radius 3 is 3.05 bits per heavy atom. The van der Waals surface area contributed by atoms with Gasteiger partial charge in [0, 0.05) is 30.7 Å². The van der Waals surface area contributed by atoms with Crippen molar-refractivity contribution in [1.82, 2.24) is 9.65 Å². The van der Waals surface area contributed by atoms with E-state index in [1.807, 2.05) is 18.2 Å². The average molecular weight is 298 g/mol. The van der Waals surface area contributed by atoms with E-state index in [1.54, 1.807) is 0 Å². The maximum absolute atomic E-state index is 5.97. The van der Waals surface area contributed by atoms with E-state index in [0.29, 0.717) is 17.1 Å². The second kappa shape index (κ2) is 5.28. The molecule has 2 unspecified atom stereocenters. The summed E-state index contributed by atoms with van der Waals surface area (Å²) in [5, 5.41) is 0.688. The third kappa shape index (κ3) is 2.71. The lowest BCUT2D eigenvalue weighted by molar-refractivity contribution is 0.389. The molecule has 0 spiro atoms. The van der Waals surface area contributed by atoms with Gasteiger partial charge in [-0.25, -0.2) is 0 Å². The van der Waals surface area contributed by atoms with Crippen molar-refractivity contribution in [2.24, 2.45) is 0 Å². The van der Waals surface area contributed by atoms with Gasteiger partial charge in [-0.2, -0.15) is 4.98 Å². The van der Waals surface area contributed by atoms with Crippen molar-refractivity contribution < 1.29 is 4.42 Å². The second-order valence-corrected chi connectivity index (χ2v) is 6.07. The van der Waals surface area contributed by atoms with Gasteiger partial charge in [-0.15, -0.1) is 0 Å². The zero-order chi connectivity index (χ0) is 13.4. The summed E-state index contributed by atoms with van der Waals surface area (Å²) in [6, 6.07) is 6.80. The Morgan fingerprint density at radius 2 is 2.21 bits per heavy atom. The fourth-order valence-corrected chi connectivity index (χ4v) is 2.72. The lowest BCUT2D eigenvalue weighted by atomic mass is 10.2. The summed E-state index contributed by atoms with van der Waals surface area (Å²) < 4.78 is 8.11. The number of aromatic nitrogens is 1. The first-order chi connectivity index (χ1) is 9.13. The Kier molecular flexibility index (Phi) is 3.66. The minimum absolute atomic E-state index is 0.564. The highest BCUT2D eigenvalue weighted by Crippen LogP contribution is 2.26. The van der Waals surface area contributed by atoms with E-state index >= 15 is 0 Å². The first-order valence-corrected chi connectivity index (χ1v) is 7.35. The molecule has 1 saturated heterocycles. The van der Waals surface area contributed by atoms with Gasteiger partial charge >= 0.3 is 0 Å². The van der Waals surface area contributed by atoms with E-state index in [9.17, 15) is 0 Å². The van der Waals surface area contributed by atoms with E-state index in [4.69, 9.17) is 16.0 Å². The van der Waals surface area contributed by atoms with Crippen molar-refractivity contribution in [3.05, 3.63) is 23.2 Å². The van der Waals surface area contributed by atoms with Crippen LogP contribution in [0.1, 0.15) is 13.3 Å². The van der Waals surface area contributed by atoms with Crippen LogP contribution < -0.4 is 4.90 Å². The van der Waals surface area contributed by atoms with Gasteiger partial charge in [0.1, 0.15) is 5.52 Å². The molecule has 0 radical (unpaired) electrons. The summed E-state index contributed by atoms with van der Waals surface area (Å²) in [6.07, 6.45) is 1.10. The average Bonchev–Trinajstić information content (AvgIpc) is 2.72. The fourth-order valence-electron chi connectivity index (χ4n) is 2.29. The van der Waals surface area contributed by atoms with Crippen molar-refractivity contribution in [1.29, 1.82) is 0 Å². The molecule has 0 bridgehead atoms. The van der Waals surface area contributed by atoms with Gasteiger partial charge in [-0.3, -0.25) is 4.67 Å². The lowest BCUT2D eigenvalue weighted by Gasteiger charge is -2.19. The van der Waals surface area contributed by atoms with Gasteiger partial charge in [0.2, 0.25) is 0 Å². The molecule has 3 rings (SSSR count). The highest BCUT2D eigenvalue weighted by atomic mass is 35.5. The van der Waals surface area contributed by atoms with E-state index in [0.717, 1.165) is 37.2 Å². The number of hydrogen-bond acceptors (Lipinski definition) is 4. The highest BCUT2D eigenvalue weighted by molar-refractivity contribution is 7.13. The largest absolute Gasteiger partial charge is 0.423 e. The van der Waals surface area contributed by atoms with Crippen LogP contribution in [0, 0.1) is 0 Å². The van der Waals surface area contributed by atoms with Gasteiger partial charge in [0.25, 0.3) is 6.01 Å². The highest BCUT2D eigenvalue weighted by Gasteiger charge is 2.21. The van der Waals surface area contributed by atoms with Gasteiger partial charge in [-0.1, -0.05) is 21.0 Å². The molecule has 1 aliphatic rings. The topological polar surface area (TPSA) is 32.5 Å². The molecule has 0 saturated carbocycles. The third-order valence-electron chi connectivity index (χ3n) is 3.62. The molecule has 1 fully saturated rings.